The average Bonchev–Trinajstić information content (AvgIpc) is 3.35. The molecule has 9 heteroatoms. The van der Waals surface area contributed by atoms with Crippen LogP contribution in [0.15, 0.2) is 55.0 Å². The molecule has 1 fully saturated rings. The lowest BCUT2D eigenvalue weighted by Gasteiger charge is -2.19. The van der Waals surface area contributed by atoms with Crippen LogP contribution >= 0.6 is 0 Å². The Morgan fingerprint density at radius 3 is 2.76 bits per heavy atom. The molecule has 0 bridgehead atoms. The third kappa shape index (κ3) is 3.97. The van der Waals surface area contributed by atoms with E-state index in [0.29, 0.717) is 42.6 Å². The second-order valence-electron chi connectivity index (χ2n) is 8.56. The second-order valence-corrected chi connectivity index (χ2v) is 8.56. The minimum atomic E-state index is -0.368. The highest BCUT2D eigenvalue weighted by molar-refractivity contribution is 5.99. The summed E-state index contributed by atoms with van der Waals surface area (Å²) in [6, 6.07) is 10.9. The molecule has 1 amide bonds. The molecule has 0 unspecified atom stereocenters. The fourth-order valence-electron chi connectivity index (χ4n) is 4.24. The molecular formula is C24H24FN7O. The minimum absolute atomic E-state index is 0.0968. The lowest BCUT2D eigenvalue weighted by atomic mass is 10.1. The predicted molar refractivity (Wildman–Crippen MR) is 125 cm³/mol. The number of benzene rings is 1. The molecule has 0 spiro atoms. The van der Waals surface area contributed by atoms with Crippen molar-refractivity contribution in [2.24, 2.45) is 5.92 Å². The minimum Gasteiger partial charge on any atom is -0.397 e. The third-order valence-electron chi connectivity index (χ3n) is 5.85. The van der Waals surface area contributed by atoms with Gasteiger partial charge in [0.25, 0.3) is 0 Å². The summed E-state index contributed by atoms with van der Waals surface area (Å²) in [7, 11) is 1.89. The average molecular weight is 446 g/mol. The maximum Gasteiger partial charge on any atom is 0.227 e. The Morgan fingerprint density at radius 1 is 1.18 bits per heavy atom. The van der Waals surface area contributed by atoms with Crippen LogP contribution in [0.1, 0.15) is 18.9 Å². The first kappa shape index (κ1) is 20.9. The van der Waals surface area contributed by atoms with Crippen molar-refractivity contribution in [2.45, 2.75) is 19.9 Å². The topological polar surface area (TPSA) is 92.7 Å². The monoisotopic (exact) mass is 445 g/mol. The summed E-state index contributed by atoms with van der Waals surface area (Å²) in [5.74, 6) is 0.748. The first-order valence-electron chi connectivity index (χ1n) is 10.7. The van der Waals surface area contributed by atoms with Gasteiger partial charge in [-0.05, 0) is 41.8 Å². The zero-order chi connectivity index (χ0) is 23.1. The van der Waals surface area contributed by atoms with Crippen LogP contribution in [0, 0.1) is 11.7 Å². The number of fused-ring (bicyclic) bond motifs is 1. The van der Waals surface area contributed by atoms with E-state index in [0.717, 1.165) is 22.5 Å². The van der Waals surface area contributed by atoms with E-state index in [-0.39, 0.29) is 11.7 Å². The van der Waals surface area contributed by atoms with Crippen molar-refractivity contribution in [2.75, 3.05) is 29.1 Å². The number of anilines is 3. The quantitative estimate of drug-likeness (QED) is 0.473. The molecular weight excluding hydrogens is 421 g/mol. The fraction of sp³-hybridized carbons (Fsp3) is 0.250. The molecule has 8 nitrogen and oxygen atoms in total. The molecule has 33 heavy (non-hydrogen) atoms. The smallest absolute Gasteiger partial charge is 0.227 e. The number of pyridine rings is 1. The van der Waals surface area contributed by atoms with Crippen LogP contribution in [0.25, 0.3) is 16.9 Å². The van der Waals surface area contributed by atoms with Gasteiger partial charge in [0.05, 0.1) is 29.5 Å². The van der Waals surface area contributed by atoms with Gasteiger partial charge in [-0.25, -0.2) is 13.9 Å². The molecule has 1 aromatic carbocycles. The van der Waals surface area contributed by atoms with Crippen molar-refractivity contribution in [1.29, 1.82) is 0 Å². The number of imidazole rings is 1. The van der Waals surface area contributed by atoms with E-state index in [1.54, 1.807) is 21.8 Å². The second kappa shape index (κ2) is 8.16. The number of nitrogens with two attached hydrogens (primary N) is 1. The number of nitrogens with zero attached hydrogens (tertiary/aromatic N) is 6. The molecule has 0 saturated carbocycles. The molecule has 5 rings (SSSR count). The molecule has 4 heterocycles. The van der Waals surface area contributed by atoms with Crippen molar-refractivity contribution < 1.29 is 9.18 Å². The van der Waals surface area contributed by atoms with E-state index in [9.17, 15) is 9.18 Å². The van der Waals surface area contributed by atoms with Gasteiger partial charge in [-0.1, -0.05) is 13.0 Å². The number of amides is 1. The fourth-order valence-corrected chi connectivity index (χ4v) is 4.24. The highest BCUT2D eigenvalue weighted by Gasteiger charge is 2.29. The Hall–Kier alpha value is -4.01. The third-order valence-corrected chi connectivity index (χ3v) is 5.85. The van der Waals surface area contributed by atoms with E-state index in [1.807, 2.05) is 42.3 Å². The molecule has 0 aliphatic carbocycles. The van der Waals surface area contributed by atoms with Gasteiger partial charge in [-0.2, -0.15) is 0 Å². The predicted octanol–water partition coefficient (Wildman–Crippen LogP) is 3.52. The number of hydrogen-bond acceptors (Lipinski definition) is 6. The number of carbonyl (C=O) groups excluding carboxylic acids is 1. The van der Waals surface area contributed by atoms with Gasteiger partial charge in [0, 0.05) is 38.3 Å². The lowest BCUT2D eigenvalue weighted by molar-refractivity contribution is -0.117. The van der Waals surface area contributed by atoms with Gasteiger partial charge in [-0.15, -0.1) is 5.10 Å². The normalized spacial score (nSPS) is 16.0. The van der Waals surface area contributed by atoms with Gasteiger partial charge in [-0.3, -0.25) is 9.78 Å². The molecule has 168 valence electrons. The van der Waals surface area contributed by atoms with Crippen LogP contribution in [0.4, 0.5) is 21.6 Å². The molecule has 0 radical (unpaired) electrons. The van der Waals surface area contributed by atoms with Crippen LogP contribution in [0.3, 0.4) is 0 Å². The first-order chi connectivity index (χ1) is 15.9. The number of aromatic nitrogens is 4. The number of halogens is 1. The van der Waals surface area contributed by atoms with Crippen molar-refractivity contribution in [3.8, 4) is 11.3 Å². The standard InChI is InChI=1S/C24H24FN7O/c1-15-7-24(33)31(13-15)20-4-3-17(9-19(20)26)21-12-28-22-5-6-23(29-32(21)22)30(2)14-16-8-18(25)11-27-10-16/h3-6,8-12,15H,7,13-14,26H2,1-2H3/t15-/m1/s1. The SMILES string of the molecule is C[C@@H]1CC(=O)N(c2ccc(-c3cnc4ccc(N(C)Cc5cncc(F)c5)nn34)cc2N)C1. The molecule has 2 N–H and O–H groups in total. The molecule has 1 atom stereocenters. The van der Waals surface area contributed by atoms with Crippen molar-refractivity contribution in [3.05, 3.63) is 66.4 Å². The first-order valence-corrected chi connectivity index (χ1v) is 10.7. The lowest BCUT2D eigenvalue weighted by Crippen LogP contribution is -2.25. The van der Waals surface area contributed by atoms with Crippen LogP contribution in [0.5, 0.6) is 0 Å². The maximum atomic E-state index is 13.5. The van der Waals surface area contributed by atoms with Crippen LogP contribution in [0.2, 0.25) is 0 Å². The van der Waals surface area contributed by atoms with Crippen molar-refractivity contribution >= 4 is 28.7 Å². The summed E-state index contributed by atoms with van der Waals surface area (Å²) in [4.78, 5) is 24.3. The summed E-state index contributed by atoms with van der Waals surface area (Å²) in [5.41, 5.74) is 10.7. The zero-order valence-electron chi connectivity index (χ0n) is 18.4. The Balaban J connectivity index is 1.45. The molecule has 1 saturated heterocycles. The highest BCUT2D eigenvalue weighted by Crippen LogP contribution is 2.33. The summed E-state index contributed by atoms with van der Waals surface area (Å²) in [6.07, 6.45) is 5.11. The number of rotatable bonds is 5. The van der Waals surface area contributed by atoms with E-state index in [4.69, 9.17) is 10.8 Å². The van der Waals surface area contributed by atoms with E-state index < -0.39 is 0 Å². The zero-order valence-corrected chi connectivity index (χ0v) is 18.4. The summed E-state index contributed by atoms with van der Waals surface area (Å²) in [6.45, 7) is 3.19. The van der Waals surface area contributed by atoms with E-state index >= 15 is 0 Å². The van der Waals surface area contributed by atoms with Gasteiger partial charge in [0.15, 0.2) is 5.65 Å². The molecule has 3 aromatic heterocycles. The Bertz CT molecular complexity index is 1350. The van der Waals surface area contributed by atoms with Gasteiger partial charge in [0.2, 0.25) is 5.91 Å². The van der Waals surface area contributed by atoms with E-state index in [2.05, 4.69) is 16.9 Å². The largest absolute Gasteiger partial charge is 0.397 e. The highest BCUT2D eigenvalue weighted by atomic mass is 19.1. The van der Waals surface area contributed by atoms with Crippen LogP contribution < -0.4 is 15.5 Å². The van der Waals surface area contributed by atoms with Gasteiger partial charge < -0.3 is 15.5 Å². The van der Waals surface area contributed by atoms with Crippen molar-refractivity contribution in [3.63, 3.8) is 0 Å². The Labute approximate surface area is 190 Å². The van der Waals surface area contributed by atoms with Crippen molar-refractivity contribution in [1.82, 2.24) is 19.6 Å². The van der Waals surface area contributed by atoms with E-state index in [1.165, 1.54) is 12.3 Å². The Morgan fingerprint density at radius 2 is 2.03 bits per heavy atom. The van der Waals surface area contributed by atoms with Crippen LogP contribution in [-0.4, -0.2) is 39.1 Å². The number of carbonyl (C=O) groups is 1. The van der Waals surface area contributed by atoms with Crippen LogP contribution in [-0.2, 0) is 11.3 Å². The van der Waals surface area contributed by atoms with Gasteiger partial charge in [0.1, 0.15) is 11.6 Å². The molecule has 1 aliphatic heterocycles. The number of nitrogen functional groups attached to an aromatic ring is 1. The maximum absolute atomic E-state index is 13.5. The van der Waals surface area contributed by atoms with Gasteiger partial charge >= 0.3 is 0 Å². The summed E-state index contributed by atoms with van der Waals surface area (Å²) in [5, 5.41) is 4.74. The number of hydrogen-bond donors (Lipinski definition) is 1. The summed E-state index contributed by atoms with van der Waals surface area (Å²) >= 11 is 0. The molecule has 1 aliphatic rings. The summed E-state index contributed by atoms with van der Waals surface area (Å²) < 4.78 is 15.2. The Kier molecular flexibility index (Phi) is 5.16. The molecule has 4 aromatic rings.